The SMILES string of the molecule is Cc1cc(C)c(N)c(C(N)C(F)(F)C(F)(F)C(F)(F)C(F)(F)C(F)(F)C(F)(F)F)c1. The standard InChI is InChI=1S/C15H13F13N2/c1-5-3-6(2)8(29)7(4-5)9(30)10(16,17)11(18,19)12(20,21)13(22,23)14(24,25)15(26,27)28/h3-4,9H,29-30H2,1-2H3. The number of halogens is 13. The summed E-state index contributed by atoms with van der Waals surface area (Å²) in [4.78, 5) is 0. The minimum Gasteiger partial charge on any atom is -0.398 e. The Labute approximate surface area is 160 Å². The maximum Gasteiger partial charge on any atom is 0.460 e. The van der Waals surface area contributed by atoms with Crippen molar-refractivity contribution in [1.29, 1.82) is 0 Å². The van der Waals surface area contributed by atoms with Crippen molar-refractivity contribution in [3.8, 4) is 0 Å². The summed E-state index contributed by atoms with van der Waals surface area (Å²) >= 11 is 0. The molecule has 0 heterocycles. The van der Waals surface area contributed by atoms with E-state index in [1.165, 1.54) is 13.0 Å². The van der Waals surface area contributed by atoms with Gasteiger partial charge in [-0.1, -0.05) is 17.7 Å². The van der Waals surface area contributed by atoms with Gasteiger partial charge in [0.25, 0.3) is 0 Å². The highest BCUT2D eigenvalue weighted by atomic mass is 19.4. The fraction of sp³-hybridized carbons (Fsp3) is 0.600. The molecule has 0 aliphatic carbocycles. The van der Waals surface area contributed by atoms with Crippen molar-refractivity contribution in [3.63, 3.8) is 0 Å². The van der Waals surface area contributed by atoms with Gasteiger partial charge in [0, 0.05) is 5.69 Å². The lowest BCUT2D eigenvalue weighted by atomic mass is 9.87. The molecule has 0 aromatic heterocycles. The van der Waals surface area contributed by atoms with Crippen LogP contribution in [0.2, 0.25) is 0 Å². The molecule has 1 unspecified atom stereocenters. The first-order valence-corrected chi connectivity index (χ1v) is 7.56. The third kappa shape index (κ3) is 3.43. The first-order valence-electron chi connectivity index (χ1n) is 7.56. The van der Waals surface area contributed by atoms with Crippen LogP contribution >= 0.6 is 0 Å². The molecule has 0 aliphatic rings. The van der Waals surface area contributed by atoms with Crippen LogP contribution in [0.15, 0.2) is 12.1 Å². The summed E-state index contributed by atoms with van der Waals surface area (Å²) in [6.07, 6.45) is -7.47. The minimum atomic E-state index is -7.97. The van der Waals surface area contributed by atoms with Crippen molar-refractivity contribution in [2.24, 2.45) is 5.73 Å². The summed E-state index contributed by atoms with van der Waals surface area (Å²) in [7, 11) is 0. The van der Waals surface area contributed by atoms with E-state index in [1.807, 2.05) is 0 Å². The second-order valence-corrected chi connectivity index (χ2v) is 6.48. The van der Waals surface area contributed by atoms with Crippen molar-refractivity contribution in [2.45, 2.75) is 55.7 Å². The lowest BCUT2D eigenvalue weighted by molar-refractivity contribution is -0.441. The second-order valence-electron chi connectivity index (χ2n) is 6.48. The molecule has 30 heavy (non-hydrogen) atoms. The Morgan fingerprint density at radius 1 is 0.667 bits per heavy atom. The van der Waals surface area contributed by atoms with Gasteiger partial charge in [0.05, 0.1) is 0 Å². The average molecular weight is 468 g/mol. The molecule has 0 fully saturated rings. The normalized spacial score (nSPS) is 16.0. The van der Waals surface area contributed by atoms with Crippen LogP contribution in [0.5, 0.6) is 0 Å². The Morgan fingerprint density at radius 3 is 1.47 bits per heavy atom. The number of hydrogen-bond donors (Lipinski definition) is 2. The van der Waals surface area contributed by atoms with E-state index in [0.29, 0.717) is 6.07 Å². The van der Waals surface area contributed by atoms with Gasteiger partial charge in [0.15, 0.2) is 0 Å². The zero-order valence-corrected chi connectivity index (χ0v) is 14.8. The molecule has 1 aromatic carbocycles. The molecule has 15 heteroatoms. The Kier molecular flexibility index (Phi) is 6.14. The van der Waals surface area contributed by atoms with Crippen LogP contribution in [0.4, 0.5) is 62.8 Å². The Bertz CT molecular complexity index is 798. The third-order valence-electron chi connectivity index (χ3n) is 4.25. The van der Waals surface area contributed by atoms with Gasteiger partial charge < -0.3 is 11.5 Å². The molecule has 2 nitrogen and oxygen atoms in total. The molecule has 0 saturated carbocycles. The summed E-state index contributed by atoms with van der Waals surface area (Å²) in [5, 5.41) is 0. The van der Waals surface area contributed by atoms with Crippen LogP contribution in [0.1, 0.15) is 22.7 Å². The van der Waals surface area contributed by atoms with Gasteiger partial charge in [-0.2, -0.15) is 57.1 Å². The van der Waals surface area contributed by atoms with Gasteiger partial charge in [-0.15, -0.1) is 0 Å². The lowest BCUT2D eigenvalue weighted by Crippen LogP contribution is -2.71. The van der Waals surface area contributed by atoms with E-state index in [2.05, 4.69) is 0 Å². The zero-order valence-electron chi connectivity index (χ0n) is 14.8. The van der Waals surface area contributed by atoms with Gasteiger partial charge in [-0.3, -0.25) is 0 Å². The van der Waals surface area contributed by atoms with Crippen LogP contribution in [0.25, 0.3) is 0 Å². The van der Waals surface area contributed by atoms with E-state index in [9.17, 15) is 57.1 Å². The van der Waals surface area contributed by atoms with E-state index in [0.717, 1.165) is 6.92 Å². The first kappa shape index (κ1) is 26.1. The van der Waals surface area contributed by atoms with Gasteiger partial charge >= 0.3 is 35.8 Å². The molecule has 0 aliphatic heterocycles. The van der Waals surface area contributed by atoms with Gasteiger partial charge in [-0.25, -0.2) is 0 Å². The summed E-state index contributed by atoms with van der Waals surface area (Å²) in [6.45, 7) is 2.35. The number of benzene rings is 1. The molecule has 0 spiro atoms. The number of aryl methyl sites for hydroxylation is 2. The molecule has 4 N–H and O–H groups in total. The fourth-order valence-electron chi connectivity index (χ4n) is 2.44. The summed E-state index contributed by atoms with van der Waals surface area (Å²) < 4.78 is 172. The fourth-order valence-corrected chi connectivity index (χ4v) is 2.44. The van der Waals surface area contributed by atoms with E-state index >= 15 is 0 Å². The molecular formula is C15H13F13N2. The van der Waals surface area contributed by atoms with Crippen LogP contribution < -0.4 is 11.5 Å². The van der Waals surface area contributed by atoms with Crippen molar-refractivity contribution < 1.29 is 57.1 Å². The molecule has 1 aromatic rings. The maximum atomic E-state index is 14.2. The molecule has 0 bridgehead atoms. The van der Waals surface area contributed by atoms with E-state index < -0.39 is 53.1 Å². The maximum absolute atomic E-state index is 14.2. The summed E-state index contributed by atoms with van der Waals surface area (Å²) in [6, 6.07) is -1.75. The molecule has 1 atom stereocenters. The van der Waals surface area contributed by atoms with Crippen LogP contribution in [-0.2, 0) is 0 Å². The number of nitrogen functional groups attached to an aromatic ring is 1. The summed E-state index contributed by atoms with van der Waals surface area (Å²) in [5.41, 5.74) is 8.27. The Balaban J connectivity index is 3.64. The monoisotopic (exact) mass is 468 g/mol. The van der Waals surface area contributed by atoms with Gasteiger partial charge in [-0.05, 0) is 25.0 Å². The lowest BCUT2D eigenvalue weighted by Gasteiger charge is -2.41. The summed E-state index contributed by atoms with van der Waals surface area (Å²) in [5.74, 6) is -37.6. The van der Waals surface area contributed by atoms with Crippen molar-refractivity contribution in [1.82, 2.24) is 0 Å². The largest absolute Gasteiger partial charge is 0.460 e. The van der Waals surface area contributed by atoms with E-state index in [4.69, 9.17) is 11.5 Å². The smallest absolute Gasteiger partial charge is 0.398 e. The first-order chi connectivity index (χ1) is 13.0. The molecule has 1 rings (SSSR count). The highest BCUT2D eigenvalue weighted by Gasteiger charge is 2.91. The number of rotatable bonds is 6. The molecule has 0 amide bonds. The highest BCUT2D eigenvalue weighted by Crippen LogP contribution is 2.61. The van der Waals surface area contributed by atoms with E-state index in [-0.39, 0.29) is 11.1 Å². The van der Waals surface area contributed by atoms with Crippen molar-refractivity contribution in [2.75, 3.05) is 5.73 Å². The number of anilines is 1. The highest BCUT2D eigenvalue weighted by molar-refractivity contribution is 5.57. The molecule has 0 saturated heterocycles. The van der Waals surface area contributed by atoms with Gasteiger partial charge in [0.1, 0.15) is 6.04 Å². The Hall–Kier alpha value is -1.93. The number of nitrogens with two attached hydrogens (primary N) is 2. The molecule has 174 valence electrons. The predicted octanol–water partition coefficient (Wildman–Crippen LogP) is 5.62. The minimum absolute atomic E-state index is 0.0342. The van der Waals surface area contributed by atoms with Crippen LogP contribution in [0.3, 0.4) is 0 Å². The van der Waals surface area contributed by atoms with Crippen molar-refractivity contribution in [3.05, 3.63) is 28.8 Å². The average Bonchev–Trinajstić information content (AvgIpc) is 2.55. The number of hydrogen-bond acceptors (Lipinski definition) is 2. The van der Waals surface area contributed by atoms with Crippen LogP contribution in [0, 0.1) is 13.8 Å². The molecular weight excluding hydrogens is 455 g/mol. The van der Waals surface area contributed by atoms with Gasteiger partial charge in [0.2, 0.25) is 0 Å². The third-order valence-corrected chi connectivity index (χ3v) is 4.25. The quantitative estimate of drug-likeness (QED) is 0.421. The Morgan fingerprint density at radius 2 is 1.07 bits per heavy atom. The van der Waals surface area contributed by atoms with Crippen molar-refractivity contribution >= 4 is 5.69 Å². The van der Waals surface area contributed by atoms with E-state index in [1.54, 1.807) is 0 Å². The number of alkyl halides is 13. The topological polar surface area (TPSA) is 52.0 Å². The molecule has 0 radical (unpaired) electrons. The second kappa shape index (κ2) is 7.05. The predicted molar refractivity (Wildman–Crippen MR) is 78.0 cm³/mol. The van der Waals surface area contributed by atoms with Crippen LogP contribution in [-0.4, -0.2) is 35.8 Å². The zero-order chi connectivity index (χ0) is 24.3.